The van der Waals surface area contributed by atoms with Gasteiger partial charge in [0.15, 0.2) is 0 Å². The number of nitro groups is 2. The van der Waals surface area contributed by atoms with Crippen LogP contribution in [0, 0.1) is 26.1 Å². The van der Waals surface area contributed by atoms with E-state index in [1.807, 2.05) is 13.8 Å². The van der Waals surface area contributed by atoms with Crippen LogP contribution in [0.5, 0.6) is 0 Å². The second kappa shape index (κ2) is 8.15. The van der Waals surface area contributed by atoms with Crippen LogP contribution in [0.15, 0.2) is 53.6 Å². The number of nitrogens with one attached hydrogen (secondary N) is 1. The fourth-order valence-electron chi connectivity index (χ4n) is 3.01. The van der Waals surface area contributed by atoms with Crippen molar-refractivity contribution in [3.63, 3.8) is 0 Å². The zero-order valence-electron chi connectivity index (χ0n) is 15.8. The molecule has 1 aliphatic heterocycles. The third-order valence-electron chi connectivity index (χ3n) is 4.60. The van der Waals surface area contributed by atoms with Crippen LogP contribution in [0.1, 0.15) is 31.1 Å². The Morgan fingerprint density at radius 2 is 1.52 bits per heavy atom. The van der Waals surface area contributed by atoms with Gasteiger partial charge in [-0.15, -0.1) is 0 Å². The molecule has 2 aromatic carbocycles. The van der Waals surface area contributed by atoms with E-state index in [9.17, 15) is 25.0 Å². The van der Waals surface area contributed by atoms with Crippen LogP contribution in [0.3, 0.4) is 0 Å². The van der Waals surface area contributed by atoms with Gasteiger partial charge in [0.25, 0.3) is 17.3 Å². The number of hydrogen-bond donors (Lipinski definition) is 1. The smallest absolute Gasteiger partial charge is 0.269 e. The summed E-state index contributed by atoms with van der Waals surface area (Å²) < 4.78 is 0. The van der Waals surface area contributed by atoms with Crippen LogP contribution in [0.2, 0.25) is 0 Å². The number of carbonyl (C=O) groups is 1. The summed E-state index contributed by atoms with van der Waals surface area (Å²) in [6.45, 7) is 3.82. The second-order valence-corrected chi connectivity index (χ2v) is 6.92. The van der Waals surface area contributed by atoms with Gasteiger partial charge in [-0.2, -0.15) is 5.10 Å². The Labute approximate surface area is 166 Å². The highest BCUT2D eigenvalue weighted by molar-refractivity contribution is 5.87. The SMILES string of the molecule is CC(C)[C@@H]1N[C@H](c2ccc([N+](=O)[O-])cc2)N(/N=C/c2ccc([N+](=O)[O-])cc2)C1=O. The molecule has 0 bridgehead atoms. The van der Waals surface area contributed by atoms with Crippen molar-refractivity contribution in [3.05, 3.63) is 79.9 Å². The van der Waals surface area contributed by atoms with Crippen molar-refractivity contribution >= 4 is 23.5 Å². The molecule has 0 aliphatic carbocycles. The molecule has 0 radical (unpaired) electrons. The molecule has 0 aromatic heterocycles. The summed E-state index contributed by atoms with van der Waals surface area (Å²) >= 11 is 0. The van der Waals surface area contributed by atoms with Crippen LogP contribution < -0.4 is 5.32 Å². The summed E-state index contributed by atoms with van der Waals surface area (Å²) in [5.41, 5.74) is 1.18. The van der Waals surface area contributed by atoms with Crippen LogP contribution in [-0.2, 0) is 4.79 Å². The molecular weight excluding hydrogens is 378 g/mol. The molecule has 0 saturated carbocycles. The summed E-state index contributed by atoms with van der Waals surface area (Å²) in [4.78, 5) is 33.5. The molecule has 1 N–H and O–H groups in total. The first kappa shape index (κ1) is 20.1. The highest BCUT2D eigenvalue weighted by Gasteiger charge is 2.41. The van der Waals surface area contributed by atoms with Crippen molar-refractivity contribution < 1.29 is 14.6 Å². The van der Waals surface area contributed by atoms with Crippen molar-refractivity contribution in [2.45, 2.75) is 26.1 Å². The highest BCUT2D eigenvalue weighted by Crippen LogP contribution is 2.29. The van der Waals surface area contributed by atoms with Gasteiger partial charge in [0.05, 0.1) is 22.1 Å². The molecule has 2 atom stereocenters. The predicted octanol–water partition coefficient (Wildman–Crippen LogP) is 2.99. The molecule has 2 aromatic rings. The molecule has 1 heterocycles. The van der Waals surface area contributed by atoms with Gasteiger partial charge in [-0.25, -0.2) is 5.01 Å². The number of carbonyl (C=O) groups excluding carboxylic acids is 1. The summed E-state index contributed by atoms with van der Waals surface area (Å²) in [7, 11) is 0. The number of hydrazone groups is 1. The van der Waals surface area contributed by atoms with E-state index in [0.29, 0.717) is 11.1 Å². The number of nitro benzene ring substituents is 2. The lowest BCUT2D eigenvalue weighted by molar-refractivity contribution is -0.385. The number of hydrogen-bond acceptors (Lipinski definition) is 7. The Kier molecular flexibility index (Phi) is 5.64. The summed E-state index contributed by atoms with van der Waals surface area (Å²) in [6, 6.07) is 11.3. The van der Waals surface area contributed by atoms with Crippen molar-refractivity contribution in [3.8, 4) is 0 Å². The molecular formula is C19H19N5O5. The minimum Gasteiger partial charge on any atom is -0.280 e. The number of nitrogens with zero attached hydrogens (tertiary/aromatic N) is 4. The van der Waals surface area contributed by atoms with E-state index in [1.165, 1.54) is 47.6 Å². The zero-order valence-corrected chi connectivity index (χ0v) is 15.8. The normalized spacial score (nSPS) is 19.3. The van der Waals surface area contributed by atoms with Crippen LogP contribution in [0.4, 0.5) is 11.4 Å². The predicted molar refractivity (Wildman–Crippen MR) is 105 cm³/mol. The van der Waals surface area contributed by atoms with Crippen LogP contribution >= 0.6 is 0 Å². The van der Waals surface area contributed by atoms with E-state index >= 15 is 0 Å². The minimum atomic E-state index is -0.579. The summed E-state index contributed by atoms with van der Waals surface area (Å²) in [5, 5.41) is 30.4. The first-order valence-electron chi connectivity index (χ1n) is 8.90. The van der Waals surface area contributed by atoms with Crippen molar-refractivity contribution in [2.75, 3.05) is 0 Å². The van der Waals surface area contributed by atoms with Gasteiger partial charge in [0.2, 0.25) is 0 Å². The molecule has 29 heavy (non-hydrogen) atoms. The van der Waals surface area contributed by atoms with Gasteiger partial charge in [-0.1, -0.05) is 13.8 Å². The number of rotatable bonds is 6. The molecule has 150 valence electrons. The monoisotopic (exact) mass is 397 g/mol. The lowest BCUT2D eigenvalue weighted by atomic mass is 10.1. The Bertz CT molecular complexity index is 956. The van der Waals surface area contributed by atoms with E-state index < -0.39 is 22.1 Å². The fraction of sp³-hybridized carbons (Fsp3) is 0.263. The van der Waals surface area contributed by atoms with Crippen LogP contribution in [-0.4, -0.2) is 33.0 Å². The number of benzene rings is 2. The Morgan fingerprint density at radius 1 is 1.00 bits per heavy atom. The topological polar surface area (TPSA) is 131 Å². The molecule has 10 heteroatoms. The fourth-order valence-corrected chi connectivity index (χ4v) is 3.01. The molecule has 10 nitrogen and oxygen atoms in total. The van der Waals surface area contributed by atoms with Gasteiger partial charge >= 0.3 is 0 Å². The van der Waals surface area contributed by atoms with Gasteiger partial charge in [-0.05, 0) is 41.3 Å². The standard InChI is InChI=1S/C19H19N5O5/c1-12(2)17-19(25)22(20-11-13-3-7-15(8-4-13)23(26)27)18(21-17)14-5-9-16(10-6-14)24(28)29/h3-12,17-18,21H,1-2H3/b20-11+/t17-,18-/m0/s1. The molecule has 0 unspecified atom stereocenters. The largest absolute Gasteiger partial charge is 0.280 e. The minimum absolute atomic E-state index is 0.0163. The average molecular weight is 397 g/mol. The Morgan fingerprint density at radius 3 is 2.00 bits per heavy atom. The molecule has 1 fully saturated rings. The average Bonchev–Trinajstić information content (AvgIpc) is 3.03. The van der Waals surface area contributed by atoms with Gasteiger partial charge in [0, 0.05) is 24.3 Å². The van der Waals surface area contributed by atoms with E-state index in [-0.39, 0.29) is 23.2 Å². The second-order valence-electron chi connectivity index (χ2n) is 6.92. The first-order chi connectivity index (χ1) is 13.8. The molecule has 0 spiro atoms. The lowest BCUT2D eigenvalue weighted by Gasteiger charge is -2.19. The maximum absolute atomic E-state index is 12.8. The molecule has 1 aliphatic rings. The van der Waals surface area contributed by atoms with Gasteiger partial charge in [0.1, 0.15) is 6.17 Å². The van der Waals surface area contributed by atoms with Crippen molar-refractivity contribution in [2.24, 2.45) is 11.0 Å². The first-order valence-corrected chi connectivity index (χ1v) is 8.90. The van der Waals surface area contributed by atoms with E-state index in [2.05, 4.69) is 10.4 Å². The van der Waals surface area contributed by atoms with Gasteiger partial charge in [-0.3, -0.25) is 30.3 Å². The number of non-ortho nitro benzene ring substituents is 2. The quantitative estimate of drug-likeness (QED) is 0.453. The summed E-state index contributed by atoms with van der Waals surface area (Å²) in [5.74, 6) is -0.205. The Hall–Kier alpha value is -3.66. The van der Waals surface area contributed by atoms with E-state index in [4.69, 9.17) is 0 Å². The third kappa shape index (κ3) is 4.27. The zero-order chi connectivity index (χ0) is 21.1. The van der Waals surface area contributed by atoms with E-state index in [0.717, 1.165) is 0 Å². The Balaban J connectivity index is 1.88. The highest BCUT2D eigenvalue weighted by atomic mass is 16.6. The van der Waals surface area contributed by atoms with Gasteiger partial charge < -0.3 is 0 Å². The third-order valence-corrected chi connectivity index (χ3v) is 4.60. The molecule has 3 rings (SSSR count). The van der Waals surface area contributed by atoms with Crippen molar-refractivity contribution in [1.29, 1.82) is 0 Å². The maximum atomic E-state index is 12.8. The molecule has 1 saturated heterocycles. The summed E-state index contributed by atoms with van der Waals surface area (Å²) in [6.07, 6.45) is 0.870. The lowest BCUT2D eigenvalue weighted by Crippen LogP contribution is -2.33. The van der Waals surface area contributed by atoms with Crippen molar-refractivity contribution in [1.82, 2.24) is 10.3 Å². The number of amides is 1. The maximum Gasteiger partial charge on any atom is 0.269 e. The van der Waals surface area contributed by atoms with E-state index in [1.54, 1.807) is 12.1 Å². The molecule has 1 amide bonds. The van der Waals surface area contributed by atoms with Crippen LogP contribution in [0.25, 0.3) is 0 Å².